The SMILES string of the molecule is CN(C(=O)O)c1cccc(N=C=O)c1. The molecule has 1 aromatic carbocycles. The van der Waals surface area contributed by atoms with Crippen LogP contribution in [0, 0.1) is 0 Å². The highest BCUT2D eigenvalue weighted by molar-refractivity contribution is 5.86. The maximum atomic E-state index is 10.6. The largest absolute Gasteiger partial charge is 0.465 e. The van der Waals surface area contributed by atoms with Crippen LogP contribution in [0.25, 0.3) is 0 Å². The van der Waals surface area contributed by atoms with E-state index in [0.717, 1.165) is 4.90 Å². The fourth-order valence-corrected chi connectivity index (χ4v) is 0.934. The maximum Gasteiger partial charge on any atom is 0.411 e. The van der Waals surface area contributed by atoms with Gasteiger partial charge < -0.3 is 5.11 Å². The number of amides is 1. The second kappa shape index (κ2) is 4.20. The number of rotatable bonds is 2. The predicted octanol–water partition coefficient (Wildman–Crippen LogP) is 1.77. The summed E-state index contributed by atoms with van der Waals surface area (Å²) in [5, 5.41) is 8.67. The van der Waals surface area contributed by atoms with E-state index in [-0.39, 0.29) is 0 Å². The molecule has 0 saturated carbocycles. The fraction of sp³-hybridized carbons (Fsp3) is 0.111. The second-order valence-corrected chi connectivity index (χ2v) is 2.56. The minimum Gasteiger partial charge on any atom is -0.465 e. The number of benzene rings is 1. The Hall–Kier alpha value is -2.13. The highest BCUT2D eigenvalue weighted by Gasteiger charge is 2.07. The van der Waals surface area contributed by atoms with Crippen LogP contribution in [0.15, 0.2) is 29.3 Å². The van der Waals surface area contributed by atoms with Crippen LogP contribution in [-0.4, -0.2) is 24.3 Å². The van der Waals surface area contributed by atoms with Crippen molar-refractivity contribution in [1.82, 2.24) is 0 Å². The van der Waals surface area contributed by atoms with Crippen molar-refractivity contribution in [1.29, 1.82) is 0 Å². The maximum absolute atomic E-state index is 10.6. The quantitative estimate of drug-likeness (QED) is 0.573. The van der Waals surface area contributed by atoms with E-state index in [2.05, 4.69) is 4.99 Å². The third-order valence-electron chi connectivity index (χ3n) is 1.68. The van der Waals surface area contributed by atoms with Crippen molar-refractivity contribution in [3.63, 3.8) is 0 Å². The highest BCUT2D eigenvalue weighted by atomic mass is 16.4. The molecule has 0 aliphatic carbocycles. The van der Waals surface area contributed by atoms with E-state index in [9.17, 15) is 9.59 Å². The summed E-state index contributed by atoms with van der Waals surface area (Å²) in [6.45, 7) is 0. The Balaban J connectivity index is 3.04. The molecule has 5 nitrogen and oxygen atoms in total. The molecule has 0 unspecified atom stereocenters. The number of hydrogen-bond donors (Lipinski definition) is 1. The predicted molar refractivity (Wildman–Crippen MR) is 50.7 cm³/mol. The van der Waals surface area contributed by atoms with Gasteiger partial charge in [0.05, 0.1) is 5.69 Å². The Morgan fingerprint density at radius 3 is 2.86 bits per heavy atom. The minimum atomic E-state index is -1.07. The summed E-state index contributed by atoms with van der Waals surface area (Å²) in [5.74, 6) is 0. The van der Waals surface area contributed by atoms with Crippen LogP contribution in [0.4, 0.5) is 16.2 Å². The molecule has 72 valence electrons. The van der Waals surface area contributed by atoms with Gasteiger partial charge in [0, 0.05) is 12.7 Å². The molecular formula is C9H8N2O3. The lowest BCUT2D eigenvalue weighted by molar-refractivity contribution is 0.203. The monoisotopic (exact) mass is 192 g/mol. The average Bonchev–Trinajstić information content (AvgIpc) is 2.17. The van der Waals surface area contributed by atoms with Crippen molar-refractivity contribution < 1.29 is 14.7 Å². The molecule has 0 atom stereocenters. The summed E-state index contributed by atoms with van der Waals surface area (Å²) >= 11 is 0. The summed E-state index contributed by atoms with van der Waals surface area (Å²) in [4.78, 5) is 25.0. The molecule has 0 aliphatic rings. The molecule has 1 rings (SSSR count). The van der Waals surface area contributed by atoms with Crippen molar-refractivity contribution in [3.8, 4) is 0 Å². The molecule has 0 aliphatic heterocycles. The van der Waals surface area contributed by atoms with Crippen LogP contribution < -0.4 is 4.90 Å². The van der Waals surface area contributed by atoms with Crippen LogP contribution in [0.3, 0.4) is 0 Å². The first-order valence-electron chi connectivity index (χ1n) is 3.79. The Bertz CT molecular complexity index is 397. The summed E-state index contributed by atoms with van der Waals surface area (Å²) in [7, 11) is 1.41. The molecule has 5 heteroatoms. The van der Waals surface area contributed by atoms with E-state index in [4.69, 9.17) is 5.11 Å². The number of aliphatic imine (C=N–C) groups is 1. The zero-order valence-corrected chi connectivity index (χ0v) is 7.47. The third kappa shape index (κ3) is 2.18. The van der Waals surface area contributed by atoms with Crippen LogP contribution in [-0.2, 0) is 4.79 Å². The first-order chi connectivity index (χ1) is 6.65. The molecule has 1 aromatic rings. The van der Waals surface area contributed by atoms with Gasteiger partial charge in [-0.1, -0.05) is 6.07 Å². The lowest BCUT2D eigenvalue weighted by Gasteiger charge is -2.12. The van der Waals surface area contributed by atoms with E-state index in [1.807, 2.05) is 0 Å². The van der Waals surface area contributed by atoms with Crippen molar-refractivity contribution in [2.75, 3.05) is 11.9 Å². The lowest BCUT2D eigenvalue weighted by Crippen LogP contribution is -2.23. The summed E-state index contributed by atoms with van der Waals surface area (Å²) in [6.07, 6.45) is 0.316. The third-order valence-corrected chi connectivity index (χ3v) is 1.68. The molecule has 1 amide bonds. The number of carboxylic acid groups (broad SMARTS) is 1. The number of carbonyl (C=O) groups excluding carboxylic acids is 1. The van der Waals surface area contributed by atoms with E-state index >= 15 is 0 Å². The van der Waals surface area contributed by atoms with Gasteiger partial charge in [0.15, 0.2) is 0 Å². The van der Waals surface area contributed by atoms with Crippen molar-refractivity contribution >= 4 is 23.5 Å². The van der Waals surface area contributed by atoms with E-state index in [1.54, 1.807) is 18.2 Å². The van der Waals surface area contributed by atoms with Gasteiger partial charge in [0.1, 0.15) is 0 Å². The van der Waals surface area contributed by atoms with Gasteiger partial charge in [-0.3, -0.25) is 4.90 Å². The van der Waals surface area contributed by atoms with Crippen molar-refractivity contribution in [2.24, 2.45) is 4.99 Å². The summed E-state index contributed by atoms with van der Waals surface area (Å²) in [5.41, 5.74) is 0.833. The fourth-order valence-electron chi connectivity index (χ4n) is 0.934. The number of hydrogen-bond acceptors (Lipinski definition) is 3. The van der Waals surface area contributed by atoms with Gasteiger partial charge in [-0.25, -0.2) is 9.59 Å². The second-order valence-electron chi connectivity index (χ2n) is 2.56. The van der Waals surface area contributed by atoms with Crippen molar-refractivity contribution in [2.45, 2.75) is 0 Å². The van der Waals surface area contributed by atoms with Crippen LogP contribution in [0.5, 0.6) is 0 Å². The topological polar surface area (TPSA) is 70.0 Å². The standard InChI is InChI=1S/C9H8N2O3/c1-11(9(13)14)8-4-2-3-7(5-8)10-6-12/h2-5H,1H3,(H,13,14). The zero-order valence-electron chi connectivity index (χ0n) is 7.47. The number of nitrogens with zero attached hydrogens (tertiary/aromatic N) is 2. The van der Waals surface area contributed by atoms with Gasteiger partial charge in [-0.05, 0) is 18.2 Å². The smallest absolute Gasteiger partial charge is 0.411 e. The molecule has 0 aromatic heterocycles. The van der Waals surface area contributed by atoms with Gasteiger partial charge in [0.2, 0.25) is 6.08 Å². The molecule has 14 heavy (non-hydrogen) atoms. The molecule has 0 spiro atoms. The zero-order chi connectivity index (χ0) is 10.6. The molecule has 0 bridgehead atoms. The number of anilines is 1. The summed E-state index contributed by atoms with van der Waals surface area (Å²) < 4.78 is 0. The minimum absolute atomic E-state index is 0.380. The average molecular weight is 192 g/mol. The van der Waals surface area contributed by atoms with Gasteiger partial charge >= 0.3 is 6.09 Å². The summed E-state index contributed by atoms with van der Waals surface area (Å²) in [6, 6.07) is 6.30. The van der Waals surface area contributed by atoms with E-state index in [1.165, 1.54) is 19.2 Å². The van der Waals surface area contributed by atoms with Crippen molar-refractivity contribution in [3.05, 3.63) is 24.3 Å². The van der Waals surface area contributed by atoms with Crippen LogP contribution >= 0.6 is 0 Å². The number of carbonyl (C=O) groups is 1. The first-order valence-corrected chi connectivity index (χ1v) is 3.79. The molecular weight excluding hydrogens is 184 g/mol. The first kappa shape index (κ1) is 9.95. The van der Waals surface area contributed by atoms with Gasteiger partial charge in [-0.2, -0.15) is 4.99 Å². The normalized spacial score (nSPS) is 8.93. The Labute approximate surface area is 80.3 Å². The van der Waals surface area contributed by atoms with Gasteiger partial charge in [-0.15, -0.1) is 0 Å². The van der Waals surface area contributed by atoms with E-state index < -0.39 is 6.09 Å². The number of isocyanates is 1. The highest BCUT2D eigenvalue weighted by Crippen LogP contribution is 2.20. The Morgan fingerprint density at radius 2 is 2.29 bits per heavy atom. The lowest BCUT2D eigenvalue weighted by atomic mass is 10.2. The molecule has 0 saturated heterocycles. The molecule has 0 radical (unpaired) electrons. The van der Waals surface area contributed by atoms with Gasteiger partial charge in [0.25, 0.3) is 0 Å². The molecule has 0 heterocycles. The van der Waals surface area contributed by atoms with Crippen LogP contribution in [0.2, 0.25) is 0 Å². The Morgan fingerprint density at radius 1 is 1.57 bits per heavy atom. The Kier molecular flexibility index (Phi) is 2.99. The molecule has 0 fully saturated rings. The van der Waals surface area contributed by atoms with E-state index in [0.29, 0.717) is 11.4 Å². The van der Waals surface area contributed by atoms with Crippen LogP contribution in [0.1, 0.15) is 0 Å². The molecule has 1 N–H and O–H groups in total.